The lowest BCUT2D eigenvalue weighted by atomic mass is 10.2. The molecular weight excluding hydrogens is 280 g/mol. The SMILES string of the molecule is Cc1cc(C(=O)Nc2ccc(C#N)cc2Cl)sc1C. The van der Waals surface area contributed by atoms with Crippen molar-refractivity contribution in [1.82, 2.24) is 0 Å². The van der Waals surface area contributed by atoms with E-state index in [1.165, 1.54) is 17.4 Å². The molecule has 0 aliphatic rings. The summed E-state index contributed by atoms with van der Waals surface area (Å²) in [4.78, 5) is 13.8. The first-order valence-corrected chi connectivity index (χ1v) is 6.78. The van der Waals surface area contributed by atoms with Crippen LogP contribution in [0.5, 0.6) is 0 Å². The fraction of sp³-hybridized carbons (Fsp3) is 0.143. The third kappa shape index (κ3) is 2.95. The standard InChI is InChI=1S/C14H11ClN2OS/c1-8-5-13(19-9(8)2)14(18)17-12-4-3-10(7-16)6-11(12)15/h3-6H,1-2H3,(H,17,18). The highest BCUT2D eigenvalue weighted by molar-refractivity contribution is 7.14. The molecule has 0 radical (unpaired) electrons. The van der Waals surface area contributed by atoms with Gasteiger partial charge in [-0.25, -0.2) is 0 Å². The van der Waals surface area contributed by atoms with Crippen molar-refractivity contribution in [2.75, 3.05) is 5.32 Å². The van der Waals surface area contributed by atoms with Crippen LogP contribution in [0.25, 0.3) is 0 Å². The Hall–Kier alpha value is -1.83. The van der Waals surface area contributed by atoms with E-state index >= 15 is 0 Å². The molecule has 1 aromatic carbocycles. The Morgan fingerprint density at radius 1 is 1.37 bits per heavy atom. The molecule has 1 aromatic heterocycles. The molecule has 0 bridgehead atoms. The monoisotopic (exact) mass is 290 g/mol. The molecule has 0 aliphatic heterocycles. The molecule has 0 saturated carbocycles. The van der Waals surface area contributed by atoms with Crippen LogP contribution < -0.4 is 5.32 Å². The second-order valence-electron chi connectivity index (χ2n) is 4.11. The van der Waals surface area contributed by atoms with Crippen LogP contribution in [0, 0.1) is 25.2 Å². The molecule has 0 spiro atoms. The molecular formula is C14H11ClN2OS. The van der Waals surface area contributed by atoms with E-state index in [9.17, 15) is 4.79 Å². The van der Waals surface area contributed by atoms with Crippen molar-refractivity contribution in [2.24, 2.45) is 0 Å². The Balaban J connectivity index is 2.22. The molecule has 0 unspecified atom stereocenters. The topological polar surface area (TPSA) is 52.9 Å². The number of nitriles is 1. The number of carbonyl (C=O) groups excluding carboxylic acids is 1. The number of nitrogens with zero attached hydrogens (tertiary/aromatic N) is 1. The van der Waals surface area contributed by atoms with Crippen molar-refractivity contribution in [3.63, 3.8) is 0 Å². The summed E-state index contributed by atoms with van der Waals surface area (Å²) in [6.07, 6.45) is 0. The summed E-state index contributed by atoms with van der Waals surface area (Å²) in [6, 6.07) is 8.63. The lowest BCUT2D eigenvalue weighted by Crippen LogP contribution is -2.10. The van der Waals surface area contributed by atoms with Gasteiger partial charge in [-0.1, -0.05) is 11.6 Å². The number of rotatable bonds is 2. The van der Waals surface area contributed by atoms with Crippen LogP contribution >= 0.6 is 22.9 Å². The second-order valence-corrected chi connectivity index (χ2v) is 5.77. The van der Waals surface area contributed by atoms with Gasteiger partial charge in [-0.2, -0.15) is 5.26 Å². The van der Waals surface area contributed by atoms with Crippen molar-refractivity contribution in [3.8, 4) is 6.07 Å². The molecule has 1 amide bonds. The Morgan fingerprint density at radius 3 is 2.63 bits per heavy atom. The first-order chi connectivity index (χ1) is 9.01. The Kier molecular flexibility index (Phi) is 3.89. The van der Waals surface area contributed by atoms with E-state index in [0.717, 1.165) is 10.4 Å². The average molecular weight is 291 g/mol. The van der Waals surface area contributed by atoms with Gasteiger partial charge in [0.2, 0.25) is 0 Å². The van der Waals surface area contributed by atoms with Crippen LogP contribution in [0.15, 0.2) is 24.3 Å². The molecule has 0 atom stereocenters. The number of aryl methyl sites for hydroxylation is 2. The number of carbonyl (C=O) groups is 1. The Labute approximate surface area is 120 Å². The van der Waals surface area contributed by atoms with E-state index in [4.69, 9.17) is 16.9 Å². The number of benzene rings is 1. The van der Waals surface area contributed by atoms with Gasteiger partial charge in [-0.15, -0.1) is 11.3 Å². The molecule has 96 valence electrons. The second kappa shape index (κ2) is 5.43. The number of halogens is 1. The van der Waals surface area contributed by atoms with Gasteiger partial charge in [-0.3, -0.25) is 4.79 Å². The summed E-state index contributed by atoms with van der Waals surface area (Å²) in [5.41, 5.74) is 2.07. The molecule has 0 fully saturated rings. The predicted molar refractivity (Wildman–Crippen MR) is 77.9 cm³/mol. The van der Waals surface area contributed by atoms with Gasteiger partial charge in [0.05, 0.1) is 27.2 Å². The van der Waals surface area contributed by atoms with Gasteiger partial charge >= 0.3 is 0 Å². The Bertz CT molecular complexity index is 666. The van der Waals surface area contributed by atoms with Crippen LogP contribution in [0.3, 0.4) is 0 Å². The quantitative estimate of drug-likeness (QED) is 0.903. The smallest absolute Gasteiger partial charge is 0.265 e. The molecule has 2 aromatic rings. The first kappa shape index (κ1) is 13.6. The van der Waals surface area contributed by atoms with Crippen molar-refractivity contribution in [2.45, 2.75) is 13.8 Å². The summed E-state index contributed by atoms with van der Waals surface area (Å²) in [5, 5.41) is 11.9. The highest BCUT2D eigenvalue weighted by atomic mass is 35.5. The summed E-state index contributed by atoms with van der Waals surface area (Å²) in [6.45, 7) is 3.95. The van der Waals surface area contributed by atoms with E-state index in [2.05, 4.69) is 5.32 Å². The van der Waals surface area contributed by atoms with E-state index in [1.807, 2.05) is 26.0 Å². The van der Waals surface area contributed by atoms with Crippen molar-refractivity contribution in [3.05, 3.63) is 50.2 Å². The predicted octanol–water partition coefficient (Wildman–Crippen LogP) is 4.14. The zero-order valence-electron chi connectivity index (χ0n) is 10.5. The van der Waals surface area contributed by atoms with Gasteiger partial charge in [0.25, 0.3) is 5.91 Å². The molecule has 19 heavy (non-hydrogen) atoms. The number of nitrogens with one attached hydrogen (secondary N) is 1. The minimum Gasteiger partial charge on any atom is -0.320 e. The first-order valence-electron chi connectivity index (χ1n) is 5.59. The highest BCUT2D eigenvalue weighted by Gasteiger charge is 2.12. The van der Waals surface area contributed by atoms with Crippen LogP contribution in [0.1, 0.15) is 25.7 Å². The number of hydrogen-bond acceptors (Lipinski definition) is 3. The van der Waals surface area contributed by atoms with Crippen molar-refractivity contribution >= 4 is 34.5 Å². The maximum Gasteiger partial charge on any atom is 0.265 e. The molecule has 0 saturated heterocycles. The van der Waals surface area contributed by atoms with Gasteiger partial charge in [-0.05, 0) is 43.7 Å². The minimum absolute atomic E-state index is 0.187. The average Bonchev–Trinajstić information content (AvgIpc) is 2.72. The summed E-state index contributed by atoms with van der Waals surface area (Å²) in [7, 11) is 0. The Morgan fingerprint density at radius 2 is 2.11 bits per heavy atom. The lowest BCUT2D eigenvalue weighted by Gasteiger charge is -2.05. The van der Waals surface area contributed by atoms with Crippen LogP contribution in [0.2, 0.25) is 5.02 Å². The third-order valence-corrected chi connectivity index (χ3v) is 4.20. The van der Waals surface area contributed by atoms with Gasteiger partial charge in [0, 0.05) is 4.88 Å². The summed E-state index contributed by atoms with van der Waals surface area (Å²) >= 11 is 7.46. The molecule has 2 rings (SSSR count). The summed E-state index contributed by atoms with van der Waals surface area (Å²) < 4.78 is 0. The van der Waals surface area contributed by atoms with Crippen LogP contribution in [0.4, 0.5) is 5.69 Å². The fourth-order valence-electron chi connectivity index (χ4n) is 1.56. The normalized spacial score (nSPS) is 10.0. The van der Waals surface area contributed by atoms with Gasteiger partial charge in [0.1, 0.15) is 0 Å². The number of amides is 1. The van der Waals surface area contributed by atoms with E-state index in [0.29, 0.717) is 21.2 Å². The van der Waals surface area contributed by atoms with Gasteiger partial charge in [0.15, 0.2) is 0 Å². The molecule has 5 heteroatoms. The maximum absolute atomic E-state index is 12.1. The van der Waals surface area contributed by atoms with E-state index in [-0.39, 0.29) is 5.91 Å². The molecule has 3 nitrogen and oxygen atoms in total. The molecule has 0 aliphatic carbocycles. The molecule has 1 N–H and O–H groups in total. The number of thiophene rings is 1. The van der Waals surface area contributed by atoms with Crippen LogP contribution in [-0.4, -0.2) is 5.91 Å². The fourth-order valence-corrected chi connectivity index (χ4v) is 2.71. The molecule has 1 heterocycles. The lowest BCUT2D eigenvalue weighted by molar-refractivity contribution is 0.103. The zero-order valence-corrected chi connectivity index (χ0v) is 12.0. The maximum atomic E-state index is 12.1. The van der Waals surface area contributed by atoms with Gasteiger partial charge < -0.3 is 5.32 Å². The van der Waals surface area contributed by atoms with Crippen molar-refractivity contribution in [1.29, 1.82) is 5.26 Å². The summed E-state index contributed by atoms with van der Waals surface area (Å²) in [5.74, 6) is -0.187. The van der Waals surface area contributed by atoms with Crippen molar-refractivity contribution < 1.29 is 4.79 Å². The zero-order chi connectivity index (χ0) is 14.0. The third-order valence-electron chi connectivity index (χ3n) is 2.74. The van der Waals surface area contributed by atoms with E-state index < -0.39 is 0 Å². The largest absolute Gasteiger partial charge is 0.320 e. The highest BCUT2D eigenvalue weighted by Crippen LogP contribution is 2.25. The number of hydrogen-bond donors (Lipinski definition) is 1. The van der Waals surface area contributed by atoms with E-state index in [1.54, 1.807) is 12.1 Å². The number of anilines is 1. The minimum atomic E-state index is -0.187. The van der Waals surface area contributed by atoms with Crippen LogP contribution in [-0.2, 0) is 0 Å².